The number of nitrogens with zero attached hydrogens (tertiary/aromatic N) is 2. The highest BCUT2D eigenvalue weighted by atomic mass is 79.9. The molecule has 2 aromatic heterocycles. The van der Waals surface area contributed by atoms with E-state index in [4.69, 9.17) is 11.6 Å². The second-order valence-electron chi connectivity index (χ2n) is 3.30. The van der Waals surface area contributed by atoms with Crippen LogP contribution in [0.25, 0.3) is 0 Å². The van der Waals surface area contributed by atoms with Crippen LogP contribution in [0.5, 0.6) is 0 Å². The molecule has 0 aliphatic rings. The van der Waals surface area contributed by atoms with Gasteiger partial charge in [-0.15, -0.1) is 0 Å². The normalized spacial score (nSPS) is 10.4. The number of hydrogen-bond donors (Lipinski definition) is 0. The molecule has 0 spiro atoms. The van der Waals surface area contributed by atoms with Crippen LogP contribution in [0.3, 0.4) is 0 Å². The summed E-state index contributed by atoms with van der Waals surface area (Å²) >= 11 is 9.10. The Morgan fingerprint density at radius 2 is 2.19 bits per heavy atom. The lowest BCUT2D eigenvalue weighted by Gasteiger charge is -2.05. The molecular formula is C11H8BrClN2O. The van der Waals surface area contributed by atoms with E-state index in [0.29, 0.717) is 11.7 Å². The molecular weight excluding hydrogens is 291 g/mol. The van der Waals surface area contributed by atoms with Crippen LogP contribution in [0, 0.1) is 0 Å². The van der Waals surface area contributed by atoms with E-state index in [9.17, 15) is 4.79 Å². The molecule has 0 unspecified atom stereocenters. The van der Waals surface area contributed by atoms with E-state index in [2.05, 4.69) is 20.9 Å². The number of pyridine rings is 2. The van der Waals surface area contributed by atoms with Crippen molar-refractivity contribution < 1.29 is 0 Å². The molecule has 3 nitrogen and oxygen atoms in total. The van der Waals surface area contributed by atoms with Crippen LogP contribution in [0.15, 0.2) is 45.9 Å². The fourth-order valence-corrected chi connectivity index (χ4v) is 1.94. The molecule has 16 heavy (non-hydrogen) atoms. The van der Waals surface area contributed by atoms with E-state index in [1.165, 1.54) is 6.07 Å². The summed E-state index contributed by atoms with van der Waals surface area (Å²) in [6, 6.07) is 6.82. The lowest BCUT2D eigenvalue weighted by atomic mass is 10.2. The van der Waals surface area contributed by atoms with Crippen molar-refractivity contribution in [3.8, 4) is 0 Å². The molecule has 2 aromatic rings. The van der Waals surface area contributed by atoms with Crippen molar-refractivity contribution >= 4 is 27.5 Å². The molecule has 0 atom stereocenters. The lowest BCUT2D eigenvalue weighted by Crippen LogP contribution is -2.18. The minimum absolute atomic E-state index is 0.0452. The minimum Gasteiger partial charge on any atom is -0.310 e. The Balaban J connectivity index is 2.34. The van der Waals surface area contributed by atoms with Crippen molar-refractivity contribution in [2.75, 3.05) is 0 Å². The van der Waals surface area contributed by atoms with Crippen molar-refractivity contribution in [3.05, 3.63) is 62.2 Å². The average Bonchev–Trinajstić information content (AvgIpc) is 2.24. The van der Waals surface area contributed by atoms with Crippen LogP contribution < -0.4 is 5.56 Å². The van der Waals surface area contributed by atoms with Crippen molar-refractivity contribution in [1.82, 2.24) is 9.55 Å². The van der Waals surface area contributed by atoms with Crippen LogP contribution in [0.1, 0.15) is 5.56 Å². The molecule has 5 heteroatoms. The molecule has 0 bridgehead atoms. The first-order valence-corrected chi connectivity index (χ1v) is 5.79. The molecule has 82 valence electrons. The van der Waals surface area contributed by atoms with Gasteiger partial charge in [-0.3, -0.25) is 4.79 Å². The Morgan fingerprint density at radius 3 is 2.94 bits per heavy atom. The fraction of sp³-hybridized carbons (Fsp3) is 0.0909. The quantitative estimate of drug-likeness (QED) is 0.799. The summed E-state index contributed by atoms with van der Waals surface area (Å²) in [7, 11) is 0. The largest absolute Gasteiger partial charge is 0.310 e. The van der Waals surface area contributed by atoms with Gasteiger partial charge in [0, 0.05) is 22.9 Å². The smallest absolute Gasteiger partial charge is 0.250 e. The van der Waals surface area contributed by atoms with Crippen molar-refractivity contribution in [1.29, 1.82) is 0 Å². The van der Waals surface area contributed by atoms with E-state index in [-0.39, 0.29) is 5.56 Å². The predicted octanol–water partition coefficient (Wildman–Crippen LogP) is 2.71. The number of rotatable bonds is 2. The highest BCUT2D eigenvalue weighted by Gasteiger charge is 2.00. The molecule has 0 saturated carbocycles. The zero-order chi connectivity index (χ0) is 11.5. The third kappa shape index (κ3) is 2.71. The monoisotopic (exact) mass is 298 g/mol. The second kappa shape index (κ2) is 4.80. The molecule has 0 fully saturated rings. The fourth-order valence-electron chi connectivity index (χ4n) is 1.36. The first kappa shape index (κ1) is 11.4. The van der Waals surface area contributed by atoms with Crippen LogP contribution in [-0.2, 0) is 6.54 Å². The van der Waals surface area contributed by atoms with E-state index < -0.39 is 0 Å². The highest BCUT2D eigenvalue weighted by molar-refractivity contribution is 9.10. The predicted molar refractivity (Wildman–Crippen MR) is 66.8 cm³/mol. The van der Waals surface area contributed by atoms with Gasteiger partial charge in [0.1, 0.15) is 5.15 Å². The molecule has 0 aliphatic carbocycles. The summed E-state index contributed by atoms with van der Waals surface area (Å²) in [6.45, 7) is 0.487. The van der Waals surface area contributed by atoms with Gasteiger partial charge in [-0.2, -0.15) is 0 Å². The summed E-state index contributed by atoms with van der Waals surface area (Å²) < 4.78 is 2.47. The van der Waals surface area contributed by atoms with Crippen molar-refractivity contribution in [2.45, 2.75) is 6.54 Å². The van der Waals surface area contributed by atoms with Gasteiger partial charge >= 0.3 is 0 Å². The van der Waals surface area contributed by atoms with Gasteiger partial charge in [-0.1, -0.05) is 11.6 Å². The van der Waals surface area contributed by atoms with E-state index in [0.717, 1.165) is 10.0 Å². The van der Waals surface area contributed by atoms with E-state index >= 15 is 0 Å². The van der Waals surface area contributed by atoms with Crippen molar-refractivity contribution in [3.63, 3.8) is 0 Å². The van der Waals surface area contributed by atoms with Gasteiger partial charge < -0.3 is 4.57 Å². The zero-order valence-corrected chi connectivity index (χ0v) is 10.6. The third-order valence-electron chi connectivity index (χ3n) is 2.09. The zero-order valence-electron chi connectivity index (χ0n) is 8.23. The van der Waals surface area contributed by atoms with Gasteiger partial charge in [0.25, 0.3) is 5.56 Å². The van der Waals surface area contributed by atoms with Gasteiger partial charge in [-0.25, -0.2) is 4.98 Å². The van der Waals surface area contributed by atoms with E-state index in [1.54, 1.807) is 29.1 Å². The maximum atomic E-state index is 11.6. The average molecular weight is 300 g/mol. The Hall–Kier alpha value is -1.13. The Bertz CT molecular complexity index is 568. The molecule has 2 rings (SSSR count). The number of aromatic nitrogens is 2. The van der Waals surface area contributed by atoms with Gasteiger partial charge in [0.05, 0.1) is 6.54 Å². The summed E-state index contributed by atoms with van der Waals surface area (Å²) in [5.74, 6) is 0. The molecule has 0 aliphatic heterocycles. The van der Waals surface area contributed by atoms with Crippen molar-refractivity contribution in [2.24, 2.45) is 0 Å². The lowest BCUT2D eigenvalue weighted by molar-refractivity contribution is 0.755. The maximum Gasteiger partial charge on any atom is 0.250 e. The second-order valence-corrected chi connectivity index (χ2v) is 4.60. The molecule has 2 heterocycles. The van der Waals surface area contributed by atoms with Crippen LogP contribution >= 0.6 is 27.5 Å². The van der Waals surface area contributed by atoms with E-state index in [1.807, 2.05) is 6.07 Å². The molecule has 0 amide bonds. The van der Waals surface area contributed by atoms with Crippen LogP contribution in [0.4, 0.5) is 0 Å². The minimum atomic E-state index is -0.0452. The SMILES string of the molecule is O=c1ccc(Br)cn1Cc1ccnc(Cl)c1. The van der Waals surface area contributed by atoms with Gasteiger partial charge in [0.15, 0.2) is 0 Å². The summed E-state index contributed by atoms with van der Waals surface area (Å²) in [5.41, 5.74) is 0.899. The summed E-state index contributed by atoms with van der Waals surface area (Å²) in [6.07, 6.45) is 3.37. The Kier molecular flexibility index (Phi) is 3.41. The first-order chi connectivity index (χ1) is 7.65. The van der Waals surface area contributed by atoms with Gasteiger partial charge in [-0.05, 0) is 39.7 Å². The number of halogens is 2. The molecule has 0 N–H and O–H groups in total. The third-order valence-corrected chi connectivity index (χ3v) is 2.77. The summed E-state index contributed by atoms with van der Waals surface area (Å²) in [4.78, 5) is 15.4. The Labute approximate surface area is 106 Å². The molecule has 0 aromatic carbocycles. The van der Waals surface area contributed by atoms with Gasteiger partial charge in [0.2, 0.25) is 0 Å². The topological polar surface area (TPSA) is 34.9 Å². The van der Waals surface area contributed by atoms with Crippen LogP contribution in [0.2, 0.25) is 5.15 Å². The van der Waals surface area contributed by atoms with Crippen LogP contribution in [-0.4, -0.2) is 9.55 Å². The number of hydrogen-bond acceptors (Lipinski definition) is 2. The first-order valence-electron chi connectivity index (χ1n) is 4.61. The maximum absolute atomic E-state index is 11.6. The standard InChI is InChI=1S/C11H8BrClN2O/c12-9-1-2-11(16)15(7-9)6-8-3-4-14-10(13)5-8/h1-5,7H,6H2. The highest BCUT2D eigenvalue weighted by Crippen LogP contribution is 2.10. The molecule has 0 saturated heterocycles. The Morgan fingerprint density at radius 1 is 1.38 bits per heavy atom. The molecule has 0 radical (unpaired) electrons. The summed E-state index contributed by atoms with van der Waals surface area (Å²) in [5, 5.41) is 0.431.